The molecule has 2 rings (SSSR count). The molecule has 7 nitrogen and oxygen atoms in total. The van der Waals surface area contributed by atoms with Crippen LogP contribution in [0.1, 0.15) is 52.7 Å². The third-order valence-corrected chi connectivity index (χ3v) is 4.99. The number of ether oxygens (including phenoxy) is 1. The van der Waals surface area contributed by atoms with Gasteiger partial charge in [-0.15, -0.1) is 11.3 Å². The van der Waals surface area contributed by atoms with Crippen molar-refractivity contribution in [2.45, 2.75) is 40.3 Å². The molecule has 0 aliphatic carbocycles. The predicted octanol–water partition coefficient (Wildman–Crippen LogP) is 3.15. The van der Waals surface area contributed by atoms with E-state index in [0.29, 0.717) is 36.2 Å². The first-order chi connectivity index (χ1) is 12.9. The standard InChI is InChI=1S/C19H26N4O3S/c1-5-20-19(21-11-14-8-7-9-15(24)10-14)23-13(4)17-22-12(3)16(27-17)18(25)26-6-2/h7-10,13,24H,5-6,11H2,1-4H3,(H2,20,21,23). The van der Waals surface area contributed by atoms with Gasteiger partial charge in [-0.1, -0.05) is 12.1 Å². The predicted molar refractivity (Wildman–Crippen MR) is 107 cm³/mol. The number of phenols is 1. The van der Waals surface area contributed by atoms with E-state index in [9.17, 15) is 9.90 Å². The van der Waals surface area contributed by atoms with Crippen LogP contribution in [0.15, 0.2) is 29.3 Å². The van der Waals surface area contributed by atoms with Gasteiger partial charge in [-0.05, 0) is 45.4 Å². The zero-order chi connectivity index (χ0) is 19.8. The third kappa shape index (κ3) is 5.96. The molecule has 0 radical (unpaired) electrons. The molecule has 1 atom stereocenters. The van der Waals surface area contributed by atoms with Gasteiger partial charge in [-0.3, -0.25) is 0 Å². The molecular weight excluding hydrogens is 364 g/mol. The maximum atomic E-state index is 12.0. The number of rotatable bonds is 7. The number of carbonyl (C=O) groups excluding carboxylic acids is 1. The average Bonchev–Trinajstić information content (AvgIpc) is 3.02. The van der Waals surface area contributed by atoms with Crippen molar-refractivity contribution in [2.24, 2.45) is 4.99 Å². The van der Waals surface area contributed by atoms with Crippen molar-refractivity contribution in [3.63, 3.8) is 0 Å². The lowest BCUT2D eigenvalue weighted by Crippen LogP contribution is -2.38. The van der Waals surface area contributed by atoms with Crippen molar-refractivity contribution in [1.29, 1.82) is 0 Å². The fourth-order valence-corrected chi connectivity index (χ4v) is 3.36. The Morgan fingerprint density at radius 2 is 2.19 bits per heavy atom. The molecule has 1 unspecified atom stereocenters. The summed E-state index contributed by atoms with van der Waals surface area (Å²) in [6.07, 6.45) is 0. The van der Waals surface area contributed by atoms with E-state index in [1.807, 2.05) is 19.9 Å². The van der Waals surface area contributed by atoms with Crippen molar-refractivity contribution in [3.8, 4) is 5.75 Å². The SMILES string of the molecule is CCNC(=NCc1cccc(O)c1)NC(C)c1nc(C)c(C(=O)OCC)s1. The topological polar surface area (TPSA) is 95.8 Å². The molecule has 1 heterocycles. The highest BCUT2D eigenvalue weighted by molar-refractivity contribution is 7.13. The van der Waals surface area contributed by atoms with E-state index >= 15 is 0 Å². The second kappa shape index (κ2) is 9.91. The lowest BCUT2D eigenvalue weighted by molar-refractivity contribution is 0.0531. The Bertz CT molecular complexity index is 804. The van der Waals surface area contributed by atoms with Crippen LogP contribution in [0.25, 0.3) is 0 Å². The molecule has 0 spiro atoms. The number of nitrogens with one attached hydrogen (secondary N) is 2. The van der Waals surface area contributed by atoms with Crippen LogP contribution in [0.5, 0.6) is 5.75 Å². The van der Waals surface area contributed by atoms with Crippen LogP contribution >= 0.6 is 11.3 Å². The number of benzene rings is 1. The number of hydrogen-bond acceptors (Lipinski definition) is 6. The first kappa shape index (κ1) is 20.7. The van der Waals surface area contributed by atoms with Gasteiger partial charge < -0.3 is 20.5 Å². The molecule has 0 bridgehead atoms. The average molecular weight is 391 g/mol. The van der Waals surface area contributed by atoms with E-state index in [4.69, 9.17) is 4.74 Å². The lowest BCUT2D eigenvalue weighted by atomic mass is 10.2. The normalized spacial score (nSPS) is 12.5. The van der Waals surface area contributed by atoms with Gasteiger partial charge in [0.05, 0.1) is 24.9 Å². The number of thiazole rings is 1. The summed E-state index contributed by atoms with van der Waals surface area (Å²) in [4.78, 5) is 21.6. The Labute approximate surface area is 163 Å². The number of carbonyl (C=O) groups is 1. The minimum absolute atomic E-state index is 0.126. The van der Waals surface area contributed by atoms with E-state index in [1.54, 1.807) is 32.0 Å². The van der Waals surface area contributed by atoms with Gasteiger partial charge in [0, 0.05) is 6.54 Å². The molecule has 3 N–H and O–H groups in total. The molecule has 0 saturated carbocycles. The van der Waals surface area contributed by atoms with Crippen LogP contribution in [0.2, 0.25) is 0 Å². The summed E-state index contributed by atoms with van der Waals surface area (Å²) in [6.45, 7) is 9.03. The summed E-state index contributed by atoms with van der Waals surface area (Å²) < 4.78 is 5.07. The smallest absolute Gasteiger partial charge is 0.350 e. The van der Waals surface area contributed by atoms with Gasteiger partial charge in [-0.25, -0.2) is 14.8 Å². The Morgan fingerprint density at radius 1 is 1.41 bits per heavy atom. The van der Waals surface area contributed by atoms with Gasteiger partial charge in [-0.2, -0.15) is 0 Å². The van der Waals surface area contributed by atoms with E-state index in [-0.39, 0.29) is 17.8 Å². The second-order valence-corrected chi connectivity index (χ2v) is 6.95. The highest BCUT2D eigenvalue weighted by Gasteiger charge is 2.20. The van der Waals surface area contributed by atoms with Crippen LogP contribution in [0, 0.1) is 6.92 Å². The van der Waals surface area contributed by atoms with Crippen molar-refractivity contribution < 1.29 is 14.6 Å². The molecule has 0 aliphatic heterocycles. The number of aryl methyl sites for hydroxylation is 1. The van der Waals surface area contributed by atoms with Crippen LogP contribution in [0.3, 0.4) is 0 Å². The van der Waals surface area contributed by atoms with Crippen molar-refractivity contribution in [3.05, 3.63) is 45.4 Å². The number of hydrogen-bond donors (Lipinski definition) is 3. The summed E-state index contributed by atoms with van der Waals surface area (Å²) in [6, 6.07) is 6.89. The number of aliphatic imine (C=N–C) groups is 1. The summed E-state index contributed by atoms with van der Waals surface area (Å²) in [7, 11) is 0. The third-order valence-electron chi connectivity index (χ3n) is 3.67. The van der Waals surface area contributed by atoms with Crippen LogP contribution in [-0.2, 0) is 11.3 Å². The molecule has 0 fully saturated rings. The van der Waals surface area contributed by atoms with Gasteiger partial charge >= 0.3 is 5.97 Å². The quantitative estimate of drug-likeness (QED) is 0.382. The van der Waals surface area contributed by atoms with Gasteiger partial charge in [0.15, 0.2) is 5.96 Å². The molecule has 0 aliphatic rings. The first-order valence-electron chi connectivity index (χ1n) is 8.91. The minimum Gasteiger partial charge on any atom is -0.508 e. The largest absolute Gasteiger partial charge is 0.508 e. The van der Waals surface area contributed by atoms with Crippen LogP contribution in [-0.4, -0.2) is 35.2 Å². The maximum absolute atomic E-state index is 12.0. The number of esters is 1. The maximum Gasteiger partial charge on any atom is 0.350 e. The number of nitrogens with zero attached hydrogens (tertiary/aromatic N) is 2. The Kier molecular flexibility index (Phi) is 7.60. The summed E-state index contributed by atoms with van der Waals surface area (Å²) >= 11 is 1.33. The highest BCUT2D eigenvalue weighted by atomic mass is 32.1. The Morgan fingerprint density at radius 3 is 2.85 bits per heavy atom. The van der Waals surface area contributed by atoms with E-state index in [2.05, 4.69) is 20.6 Å². The first-order valence-corrected chi connectivity index (χ1v) is 9.73. The van der Waals surface area contributed by atoms with Crippen molar-refractivity contribution in [1.82, 2.24) is 15.6 Å². The lowest BCUT2D eigenvalue weighted by Gasteiger charge is -2.16. The van der Waals surface area contributed by atoms with E-state index in [0.717, 1.165) is 10.6 Å². The van der Waals surface area contributed by atoms with Crippen LogP contribution in [0.4, 0.5) is 0 Å². The Hall–Kier alpha value is -2.61. The number of aromatic nitrogens is 1. The highest BCUT2D eigenvalue weighted by Crippen LogP contribution is 2.24. The number of phenolic OH excluding ortho intramolecular Hbond substituents is 1. The molecule has 1 aromatic heterocycles. The molecular formula is C19H26N4O3S. The van der Waals surface area contributed by atoms with Gasteiger partial charge in [0.2, 0.25) is 0 Å². The summed E-state index contributed by atoms with van der Waals surface area (Å²) in [5.41, 5.74) is 1.58. The van der Waals surface area contributed by atoms with E-state index in [1.165, 1.54) is 11.3 Å². The number of aromatic hydroxyl groups is 1. The Balaban J connectivity index is 2.10. The molecule has 2 aromatic rings. The van der Waals surface area contributed by atoms with Gasteiger partial charge in [0.25, 0.3) is 0 Å². The summed E-state index contributed by atoms with van der Waals surface area (Å²) in [5, 5.41) is 16.8. The molecule has 0 saturated heterocycles. The zero-order valence-electron chi connectivity index (χ0n) is 16.1. The van der Waals surface area contributed by atoms with Gasteiger partial charge in [0.1, 0.15) is 15.6 Å². The van der Waals surface area contributed by atoms with Crippen LogP contribution < -0.4 is 10.6 Å². The van der Waals surface area contributed by atoms with Crippen molar-refractivity contribution >= 4 is 23.3 Å². The molecule has 146 valence electrons. The summed E-state index contributed by atoms with van der Waals surface area (Å²) in [5.74, 6) is 0.521. The second-order valence-electron chi connectivity index (χ2n) is 5.92. The molecule has 1 aromatic carbocycles. The number of guanidine groups is 1. The molecule has 0 amide bonds. The fourth-order valence-electron chi connectivity index (χ4n) is 2.40. The fraction of sp³-hybridized carbons (Fsp3) is 0.421. The van der Waals surface area contributed by atoms with E-state index < -0.39 is 0 Å². The minimum atomic E-state index is -0.338. The molecule has 8 heteroatoms. The molecule has 27 heavy (non-hydrogen) atoms. The zero-order valence-corrected chi connectivity index (χ0v) is 16.9. The monoisotopic (exact) mass is 390 g/mol. The van der Waals surface area contributed by atoms with Crippen molar-refractivity contribution in [2.75, 3.05) is 13.2 Å².